The molecule has 0 saturated carbocycles. The fourth-order valence-corrected chi connectivity index (χ4v) is 3.43. The predicted molar refractivity (Wildman–Crippen MR) is 103 cm³/mol. The van der Waals surface area contributed by atoms with Gasteiger partial charge in [0.25, 0.3) is 5.91 Å². The fraction of sp³-hybridized carbons (Fsp3) is 0.286. The molecule has 0 bridgehead atoms. The van der Waals surface area contributed by atoms with Crippen LogP contribution >= 0.6 is 0 Å². The van der Waals surface area contributed by atoms with Crippen molar-refractivity contribution in [1.29, 1.82) is 5.26 Å². The predicted octanol–water partition coefficient (Wildman–Crippen LogP) is 3.11. The highest BCUT2D eigenvalue weighted by atomic mass is 16.5. The molecule has 0 spiro atoms. The van der Waals surface area contributed by atoms with E-state index in [4.69, 9.17) is 15.1 Å². The van der Waals surface area contributed by atoms with Crippen molar-refractivity contribution in [2.24, 2.45) is 0 Å². The zero-order valence-corrected chi connectivity index (χ0v) is 15.5. The molecule has 0 aliphatic carbocycles. The number of carbonyl (C=O) groups excluding carboxylic acids is 1. The number of benzene rings is 2. The number of methoxy groups -OCH3 is 1. The van der Waals surface area contributed by atoms with Crippen LogP contribution < -0.4 is 10.1 Å². The molecule has 1 aliphatic rings. The van der Waals surface area contributed by atoms with Gasteiger partial charge in [0.2, 0.25) is 0 Å². The molecule has 1 saturated heterocycles. The molecule has 1 heterocycles. The van der Waals surface area contributed by atoms with Crippen LogP contribution in [0.4, 0.5) is 4.79 Å². The Morgan fingerprint density at radius 1 is 1.25 bits per heavy atom. The van der Waals surface area contributed by atoms with Crippen LogP contribution in [0.1, 0.15) is 28.8 Å². The minimum atomic E-state index is -1.08. The van der Waals surface area contributed by atoms with Crippen molar-refractivity contribution in [2.45, 2.75) is 18.9 Å². The molecular weight excluding hydrogens is 358 g/mol. The van der Waals surface area contributed by atoms with E-state index in [0.717, 1.165) is 24.0 Å². The van der Waals surface area contributed by atoms with Gasteiger partial charge < -0.3 is 20.1 Å². The highest BCUT2D eigenvalue weighted by Gasteiger charge is 2.26. The molecule has 0 aromatic heterocycles. The lowest BCUT2D eigenvalue weighted by atomic mass is 9.99. The summed E-state index contributed by atoms with van der Waals surface area (Å²) in [5.41, 5.74) is 2.67. The van der Waals surface area contributed by atoms with Crippen molar-refractivity contribution in [3.05, 3.63) is 53.6 Å². The quantitative estimate of drug-likeness (QED) is 0.850. The summed E-state index contributed by atoms with van der Waals surface area (Å²) in [7, 11) is 1.57. The second-order valence-corrected chi connectivity index (χ2v) is 6.64. The number of nitrogens with zero attached hydrogens (tertiary/aromatic N) is 2. The van der Waals surface area contributed by atoms with Gasteiger partial charge in [-0.25, -0.2) is 4.79 Å². The van der Waals surface area contributed by atoms with Gasteiger partial charge in [0.05, 0.1) is 18.7 Å². The van der Waals surface area contributed by atoms with E-state index in [2.05, 4.69) is 11.4 Å². The summed E-state index contributed by atoms with van der Waals surface area (Å²) in [5.74, 6) is 0.486. The number of carbonyl (C=O) groups is 2. The number of nitriles is 1. The van der Waals surface area contributed by atoms with Gasteiger partial charge in [-0.2, -0.15) is 5.26 Å². The number of nitrogens with one attached hydrogen (secondary N) is 1. The molecular formula is C21H21N3O4. The first-order chi connectivity index (χ1) is 13.5. The normalized spacial score (nSPS) is 16.1. The smallest absolute Gasteiger partial charge is 0.404 e. The second-order valence-electron chi connectivity index (χ2n) is 6.64. The van der Waals surface area contributed by atoms with Gasteiger partial charge in [-0.1, -0.05) is 12.1 Å². The van der Waals surface area contributed by atoms with Crippen LogP contribution in [-0.4, -0.2) is 48.2 Å². The van der Waals surface area contributed by atoms with E-state index >= 15 is 0 Å². The van der Waals surface area contributed by atoms with E-state index in [1.165, 1.54) is 0 Å². The fourth-order valence-electron chi connectivity index (χ4n) is 3.43. The SMILES string of the molecule is COc1ccc(C(=O)N2CCCC(NC(=O)O)C2)cc1-c1ccc(C#N)cc1. The van der Waals surface area contributed by atoms with Crippen LogP contribution in [0.25, 0.3) is 11.1 Å². The van der Waals surface area contributed by atoms with Gasteiger partial charge in [-0.15, -0.1) is 0 Å². The topological polar surface area (TPSA) is 103 Å². The third-order valence-corrected chi connectivity index (χ3v) is 4.81. The maximum Gasteiger partial charge on any atom is 0.404 e. The number of hydrogen-bond donors (Lipinski definition) is 2. The van der Waals surface area contributed by atoms with E-state index in [9.17, 15) is 9.59 Å². The molecule has 144 valence electrons. The van der Waals surface area contributed by atoms with Crippen LogP contribution in [0.15, 0.2) is 42.5 Å². The second kappa shape index (κ2) is 8.44. The van der Waals surface area contributed by atoms with E-state index in [-0.39, 0.29) is 11.9 Å². The summed E-state index contributed by atoms with van der Waals surface area (Å²) in [5, 5.41) is 20.3. The molecule has 2 aromatic rings. The largest absolute Gasteiger partial charge is 0.496 e. The van der Waals surface area contributed by atoms with Gasteiger partial charge in [0, 0.05) is 30.3 Å². The average molecular weight is 379 g/mol. The maximum atomic E-state index is 13.0. The third-order valence-electron chi connectivity index (χ3n) is 4.81. The third kappa shape index (κ3) is 4.23. The monoisotopic (exact) mass is 379 g/mol. The summed E-state index contributed by atoms with van der Waals surface area (Å²) in [4.78, 5) is 25.5. The Labute approximate surface area is 163 Å². The van der Waals surface area contributed by atoms with Crippen LogP contribution in [-0.2, 0) is 0 Å². The minimum Gasteiger partial charge on any atom is -0.496 e. The van der Waals surface area contributed by atoms with Crippen LogP contribution in [0.5, 0.6) is 5.75 Å². The van der Waals surface area contributed by atoms with Crippen LogP contribution in [0, 0.1) is 11.3 Å². The number of ether oxygens (including phenoxy) is 1. The Morgan fingerprint density at radius 3 is 2.64 bits per heavy atom. The molecule has 2 aromatic carbocycles. The van der Waals surface area contributed by atoms with Crippen molar-refractivity contribution in [2.75, 3.05) is 20.2 Å². The van der Waals surface area contributed by atoms with Crippen LogP contribution in [0.2, 0.25) is 0 Å². The molecule has 3 rings (SSSR count). The number of carboxylic acid groups (broad SMARTS) is 1. The Kier molecular flexibility index (Phi) is 5.80. The molecule has 7 nitrogen and oxygen atoms in total. The summed E-state index contributed by atoms with van der Waals surface area (Å²) in [6, 6.07) is 14.1. The Bertz CT molecular complexity index is 918. The molecule has 0 radical (unpaired) electrons. The first-order valence-corrected chi connectivity index (χ1v) is 8.99. The zero-order chi connectivity index (χ0) is 20.1. The van der Waals surface area contributed by atoms with E-state index in [1.807, 2.05) is 12.1 Å². The lowest BCUT2D eigenvalue weighted by Gasteiger charge is -2.32. The first kappa shape index (κ1) is 19.2. The lowest BCUT2D eigenvalue weighted by Crippen LogP contribution is -2.49. The minimum absolute atomic E-state index is 0.144. The summed E-state index contributed by atoms with van der Waals surface area (Å²) < 4.78 is 5.43. The molecule has 2 amide bonds. The molecule has 1 atom stereocenters. The standard InChI is InChI=1S/C21H21N3O4/c1-28-19-9-8-16(11-18(19)15-6-4-14(12-22)5-7-15)20(25)24-10-2-3-17(13-24)23-21(26)27/h4-9,11,17,23H,2-3,10,13H2,1H3,(H,26,27). The molecule has 7 heteroatoms. The molecule has 1 unspecified atom stereocenters. The van der Waals surface area contributed by atoms with Gasteiger partial charge in [0.15, 0.2) is 0 Å². The van der Waals surface area contributed by atoms with Gasteiger partial charge in [-0.05, 0) is 48.7 Å². The molecule has 2 N–H and O–H groups in total. The number of likely N-dealkylation sites (tertiary alicyclic amines) is 1. The van der Waals surface area contributed by atoms with E-state index < -0.39 is 6.09 Å². The summed E-state index contributed by atoms with van der Waals surface area (Å²) in [6.07, 6.45) is 0.386. The highest BCUT2D eigenvalue weighted by Crippen LogP contribution is 2.31. The number of piperidine rings is 1. The number of hydrogen-bond acceptors (Lipinski definition) is 4. The zero-order valence-electron chi connectivity index (χ0n) is 15.5. The Hall–Kier alpha value is -3.53. The highest BCUT2D eigenvalue weighted by molar-refractivity contribution is 5.96. The molecule has 28 heavy (non-hydrogen) atoms. The van der Waals surface area contributed by atoms with Crippen molar-refractivity contribution in [3.63, 3.8) is 0 Å². The van der Waals surface area contributed by atoms with Crippen molar-refractivity contribution in [1.82, 2.24) is 10.2 Å². The summed E-state index contributed by atoms with van der Waals surface area (Å²) in [6.45, 7) is 0.943. The Morgan fingerprint density at radius 2 is 2.00 bits per heavy atom. The molecule has 1 fully saturated rings. The number of rotatable bonds is 4. The van der Waals surface area contributed by atoms with Crippen molar-refractivity contribution in [3.8, 4) is 22.9 Å². The van der Waals surface area contributed by atoms with Crippen LogP contribution in [0.3, 0.4) is 0 Å². The van der Waals surface area contributed by atoms with Crippen molar-refractivity contribution >= 4 is 12.0 Å². The van der Waals surface area contributed by atoms with E-state index in [1.54, 1.807) is 42.3 Å². The number of amides is 2. The average Bonchev–Trinajstić information content (AvgIpc) is 2.72. The van der Waals surface area contributed by atoms with Crippen molar-refractivity contribution < 1.29 is 19.4 Å². The van der Waals surface area contributed by atoms with Gasteiger partial charge in [0.1, 0.15) is 5.75 Å². The van der Waals surface area contributed by atoms with Gasteiger partial charge in [-0.3, -0.25) is 4.79 Å². The first-order valence-electron chi connectivity index (χ1n) is 8.99. The van der Waals surface area contributed by atoms with E-state index in [0.29, 0.717) is 30.0 Å². The maximum absolute atomic E-state index is 13.0. The van der Waals surface area contributed by atoms with Gasteiger partial charge >= 0.3 is 6.09 Å². The lowest BCUT2D eigenvalue weighted by molar-refractivity contribution is 0.0692. The summed E-state index contributed by atoms with van der Waals surface area (Å²) >= 11 is 0. The molecule has 1 aliphatic heterocycles. The Balaban J connectivity index is 1.86.